The molecule has 1 rings (SSSR count). The number of hydrogen-bond acceptors (Lipinski definition) is 1. The second-order valence-electron chi connectivity index (χ2n) is 5.28. The number of nitrogens with one attached hydrogen (secondary N) is 1. The first-order valence-corrected chi connectivity index (χ1v) is 6.52. The van der Waals surface area contributed by atoms with Gasteiger partial charge in [0.1, 0.15) is 6.54 Å². The lowest BCUT2D eigenvalue weighted by Crippen LogP contribution is -2.42. The van der Waals surface area contributed by atoms with Crippen molar-refractivity contribution in [3.8, 4) is 0 Å². The lowest BCUT2D eigenvalue weighted by molar-refractivity contribution is -0.885. The molecule has 1 aliphatic carbocycles. The van der Waals surface area contributed by atoms with Gasteiger partial charge in [-0.15, -0.1) is 0 Å². The lowest BCUT2D eigenvalue weighted by Gasteiger charge is -2.30. The van der Waals surface area contributed by atoms with Crippen LogP contribution in [0.4, 0.5) is 0 Å². The molecule has 0 aromatic carbocycles. The standard InChI is InChI=1S/C14H27N2/c1-4-15-11-8-12-16(2,3)13-14-9-6-5-7-10-14/h6,9-10,15H,4-5,7-8,11-13H2,1-3H3/q+1. The smallest absolute Gasteiger partial charge is 0.104 e. The minimum absolute atomic E-state index is 1.08. The third-order valence-electron chi connectivity index (χ3n) is 3.05. The van der Waals surface area contributed by atoms with Crippen LogP contribution >= 0.6 is 0 Å². The van der Waals surface area contributed by atoms with Crippen molar-refractivity contribution in [2.75, 3.05) is 40.3 Å². The molecule has 0 fully saturated rings. The molecule has 0 saturated heterocycles. The molecular weight excluding hydrogens is 196 g/mol. The van der Waals surface area contributed by atoms with Crippen LogP contribution in [0.25, 0.3) is 0 Å². The van der Waals surface area contributed by atoms with Crippen LogP contribution in [0.3, 0.4) is 0 Å². The molecule has 1 N–H and O–H groups in total. The van der Waals surface area contributed by atoms with E-state index in [1.165, 1.54) is 37.9 Å². The van der Waals surface area contributed by atoms with Crippen molar-refractivity contribution in [2.24, 2.45) is 0 Å². The van der Waals surface area contributed by atoms with E-state index in [1.54, 1.807) is 0 Å². The summed E-state index contributed by atoms with van der Waals surface area (Å²) in [6, 6.07) is 0. The summed E-state index contributed by atoms with van der Waals surface area (Å²) in [6.07, 6.45) is 10.7. The Morgan fingerprint density at radius 3 is 2.75 bits per heavy atom. The summed E-state index contributed by atoms with van der Waals surface area (Å²) in [5, 5.41) is 3.39. The van der Waals surface area contributed by atoms with Gasteiger partial charge in [-0.3, -0.25) is 0 Å². The van der Waals surface area contributed by atoms with E-state index < -0.39 is 0 Å². The highest BCUT2D eigenvalue weighted by molar-refractivity contribution is 5.22. The van der Waals surface area contributed by atoms with Crippen LogP contribution < -0.4 is 5.32 Å². The highest BCUT2D eigenvalue weighted by Crippen LogP contribution is 2.13. The lowest BCUT2D eigenvalue weighted by atomic mass is 10.1. The van der Waals surface area contributed by atoms with E-state index in [1.807, 2.05) is 0 Å². The average molecular weight is 223 g/mol. The van der Waals surface area contributed by atoms with Crippen LogP contribution in [0.5, 0.6) is 0 Å². The maximum absolute atomic E-state index is 3.39. The van der Waals surface area contributed by atoms with E-state index in [0.717, 1.165) is 17.6 Å². The van der Waals surface area contributed by atoms with Crippen molar-refractivity contribution in [2.45, 2.75) is 26.2 Å². The molecule has 0 heterocycles. The molecule has 0 aromatic rings. The monoisotopic (exact) mass is 223 g/mol. The number of quaternary nitrogens is 1. The van der Waals surface area contributed by atoms with Gasteiger partial charge in [0, 0.05) is 18.5 Å². The molecule has 0 atom stereocenters. The SMILES string of the molecule is CCNCCC[N+](C)(C)CC1=CCCC=C1. The molecule has 0 bridgehead atoms. The first-order valence-electron chi connectivity index (χ1n) is 6.52. The number of allylic oxidation sites excluding steroid dienone is 2. The van der Waals surface area contributed by atoms with Crippen LogP contribution in [-0.4, -0.2) is 44.8 Å². The highest BCUT2D eigenvalue weighted by atomic mass is 15.3. The number of hydrogen-bond donors (Lipinski definition) is 1. The van der Waals surface area contributed by atoms with Gasteiger partial charge in [-0.25, -0.2) is 0 Å². The topological polar surface area (TPSA) is 12.0 Å². The zero-order chi connectivity index (χ0) is 11.9. The molecular formula is C14H27N2+. The van der Waals surface area contributed by atoms with Crippen LogP contribution in [0.15, 0.2) is 23.8 Å². The number of nitrogens with zero attached hydrogens (tertiary/aromatic N) is 1. The van der Waals surface area contributed by atoms with Gasteiger partial charge in [0.05, 0.1) is 20.6 Å². The molecule has 0 aromatic heterocycles. The predicted molar refractivity (Wildman–Crippen MR) is 71.5 cm³/mol. The normalized spacial score (nSPS) is 16.3. The van der Waals surface area contributed by atoms with E-state index in [9.17, 15) is 0 Å². The summed E-state index contributed by atoms with van der Waals surface area (Å²) in [7, 11) is 4.66. The van der Waals surface area contributed by atoms with Gasteiger partial charge in [-0.1, -0.05) is 25.2 Å². The molecule has 2 heteroatoms. The van der Waals surface area contributed by atoms with Crippen LogP contribution in [-0.2, 0) is 0 Å². The minimum atomic E-state index is 1.08. The van der Waals surface area contributed by atoms with E-state index >= 15 is 0 Å². The second kappa shape index (κ2) is 6.87. The first-order chi connectivity index (χ1) is 7.64. The van der Waals surface area contributed by atoms with Gasteiger partial charge in [0.25, 0.3) is 0 Å². The van der Waals surface area contributed by atoms with Crippen molar-refractivity contribution in [1.82, 2.24) is 5.32 Å². The maximum Gasteiger partial charge on any atom is 0.104 e. The van der Waals surface area contributed by atoms with Crippen molar-refractivity contribution in [1.29, 1.82) is 0 Å². The largest absolute Gasteiger partial charge is 0.325 e. The van der Waals surface area contributed by atoms with Gasteiger partial charge in [0.15, 0.2) is 0 Å². The van der Waals surface area contributed by atoms with Crippen molar-refractivity contribution in [3.05, 3.63) is 23.8 Å². The zero-order valence-electron chi connectivity index (χ0n) is 11.1. The Bertz CT molecular complexity index is 251. The summed E-state index contributed by atoms with van der Waals surface area (Å²) < 4.78 is 1.10. The summed E-state index contributed by atoms with van der Waals surface area (Å²) >= 11 is 0. The molecule has 16 heavy (non-hydrogen) atoms. The Hall–Kier alpha value is -0.600. The third kappa shape index (κ3) is 5.47. The summed E-state index contributed by atoms with van der Waals surface area (Å²) in [6.45, 7) is 6.81. The molecule has 0 radical (unpaired) electrons. The molecule has 2 nitrogen and oxygen atoms in total. The fourth-order valence-electron chi connectivity index (χ4n) is 2.17. The van der Waals surface area contributed by atoms with E-state index in [2.05, 4.69) is 44.6 Å². The predicted octanol–water partition coefficient (Wildman–Crippen LogP) is 2.34. The third-order valence-corrected chi connectivity index (χ3v) is 3.05. The van der Waals surface area contributed by atoms with Gasteiger partial charge in [-0.05, 0) is 19.4 Å². The fourth-order valence-corrected chi connectivity index (χ4v) is 2.17. The van der Waals surface area contributed by atoms with E-state index in [0.29, 0.717) is 0 Å². The Morgan fingerprint density at radius 1 is 1.31 bits per heavy atom. The van der Waals surface area contributed by atoms with Gasteiger partial charge in [0.2, 0.25) is 0 Å². The van der Waals surface area contributed by atoms with Gasteiger partial charge in [-0.2, -0.15) is 0 Å². The number of rotatable bonds is 7. The zero-order valence-corrected chi connectivity index (χ0v) is 11.1. The second-order valence-corrected chi connectivity index (χ2v) is 5.28. The van der Waals surface area contributed by atoms with Gasteiger partial charge >= 0.3 is 0 Å². The molecule has 0 amide bonds. The summed E-state index contributed by atoms with van der Waals surface area (Å²) in [5.41, 5.74) is 1.51. The molecule has 0 unspecified atom stereocenters. The first kappa shape index (κ1) is 13.5. The average Bonchev–Trinajstić information content (AvgIpc) is 2.25. The van der Waals surface area contributed by atoms with E-state index in [4.69, 9.17) is 0 Å². The molecule has 0 aliphatic heterocycles. The fraction of sp³-hybridized carbons (Fsp3) is 0.714. The van der Waals surface area contributed by atoms with Crippen LogP contribution in [0.1, 0.15) is 26.2 Å². The molecule has 92 valence electrons. The Balaban J connectivity index is 2.27. The Morgan fingerprint density at radius 2 is 2.12 bits per heavy atom. The molecule has 0 spiro atoms. The number of likely N-dealkylation sites (N-methyl/N-ethyl adjacent to an activating group) is 1. The Labute approximate surface area is 101 Å². The molecule has 0 saturated carbocycles. The van der Waals surface area contributed by atoms with Crippen molar-refractivity contribution < 1.29 is 4.48 Å². The van der Waals surface area contributed by atoms with Crippen LogP contribution in [0.2, 0.25) is 0 Å². The quantitative estimate of drug-likeness (QED) is 0.516. The molecule has 1 aliphatic rings. The van der Waals surface area contributed by atoms with Crippen molar-refractivity contribution in [3.63, 3.8) is 0 Å². The summed E-state index contributed by atoms with van der Waals surface area (Å²) in [4.78, 5) is 0. The Kier molecular flexibility index (Phi) is 5.78. The van der Waals surface area contributed by atoms with Gasteiger partial charge < -0.3 is 9.80 Å². The van der Waals surface area contributed by atoms with E-state index in [-0.39, 0.29) is 0 Å². The minimum Gasteiger partial charge on any atom is -0.325 e. The summed E-state index contributed by atoms with van der Waals surface area (Å²) in [5.74, 6) is 0. The maximum atomic E-state index is 3.39. The van der Waals surface area contributed by atoms with Crippen LogP contribution in [0, 0.1) is 0 Å². The van der Waals surface area contributed by atoms with Crippen molar-refractivity contribution >= 4 is 0 Å². The highest BCUT2D eigenvalue weighted by Gasteiger charge is 2.16.